The summed E-state index contributed by atoms with van der Waals surface area (Å²) in [4.78, 5) is 20.8. The van der Waals surface area contributed by atoms with Crippen molar-refractivity contribution in [1.82, 2.24) is 14.8 Å². The number of ether oxygens (including phenoxy) is 1. The lowest BCUT2D eigenvalue weighted by atomic mass is 10.0. The number of pyridine rings is 1. The molecule has 2 heterocycles. The first-order valence-electron chi connectivity index (χ1n) is 8.39. The highest BCUT2D eigenvalue weighted by Crippen LogP contribution is 2.25. The van der Waals surface area contributed by atoms with Gasteiger partial charge in [0, 0.05) is 31.4 Å². The van der Waals surface area contributed by atoms with Crippen LogP contribution in [-0.4, -0.2) is 52.7 Å². The number of hydrogen-bond acceptors (Lipinski definition) is 4. The Morgan fingerprint density at radius 1 is 1.35 bits per heavy atom. The monoisotopic (exact) mass is 319 g/mol. The summed E-state index contributed by atoms with van der Waals surface area (Å²) in [5.74, 6) is 0. The number of carbonyl (C=O) groups is 1. The average Bonchev–Trinajstić information content (AvgIpc) is 2.53. The Bertz CT molecular complexity index is 505. The summed E-state index contributed by atoms with van der Waals surface area (Å²) < 4.78 is 5.45. The molecule has 1 saturated heterocycles. The molecular weight excluding hydrogens is 290 g/mol. The molecule has 0 N–H and O–H groups in total. The number of carbonyl (C=O) groups excluding carboxylic acids is 1. The lowest BCUT2D eigenvalue weighted by Gasteiger charge is -2.39. The molecule has 5 nitrogen and oxygen atoms in total. The van der Waals surface area contributed by atoms with E-state index in [2.05, 4.69) is 29.9 Å². The van der Waals surface area contributed by atoms with Crippen molar-refractivity contribution in [3.8, 4) is 0 Å². The lowest BCUT2D eigenvalue weighted by molar-refractivity contribution is 0.0136. The van der Waals surface area contributed by atoms with Crippen LogP contribution in [0.3, 0.4) is 0 Å². The topological polar surface area (TPSA) is 45.7 Å². The molecule has 1 amide bonds. The summed E-state index contributed by atoms with van der Waals surface area (Å²) in [6.07, 6.45) is 3.57. The zero-order valence-corrected chi connectivity index (χ0v) is 15.0. The van der Waals surface area contributed by atoms with Crippen molar-refractivity contribution in [2.75, 3.05) is 20.1 Å². The van der Waals surface area contributed by atoms with E-state index in [0.29, 0.717) is 6.04 Å². The van der Waals surface area contributed by atoms with Crippen molar-refractivity contribution in [3.63, 3.8) is 0 Å². The Labute approximate surface area is 139 Å². The van der Waals surface area contributed by atoms with Crippen LogP contribution in [0.15, 0.2) is 24.4 Å². The molecule has 5 heteroatoms. The predicted molar refractivity (Wildman–Crippen MR) is 91.2 cm³/mol. The van der Waals surface area contributed by atoms with Gasteiger partial charge in [0.15, 0.2) is 0 Å². The highest BCUT2D eigenvalue weighted by molar-refractivity contribution is 5.68. The highest BCUT2D eigenvalue weighted by atomic mass is 16.6. The molecule has 0 bridgehead atoms. The highest BCUT2D eigenvalue weighted by Gasteiger charge is 2.30. The smallest absolute Gasteiger partial charge is 0.410 e. The first-order chi connectivity index (χ1) is 10.8. The fourth-order valence-electron chi connectivity index (χ4n) is 2.93. The van der Waals surface area contributed by atoms with Crippen molar-refractivity contribution < 1.29 is 9.53 Å². The van der Waals surface area contributed by atoms with Gasteiger partial charge in [-0.3, -0.25) is 9.88 Å². The maximum atomic E-state index is 12.1. The molecule has 0 radical (unpaired) electrons. The third-order valence-corrected chi connectivity index (χ3v) is 4.42. The van der Waals surface area contributed by atoms with E-state index in [1.54, 1.807) is 0 Å². The number of amides is 1. The number of piperidine rings is 1. The van der Waals surface area contributed by atoms with Gasteiger partial charge in [-0.2, -0.15) is 0 Å². The van der Waals surface area contributed by atoms with Crippen molar-refractivity contribution in [2.24, 2.45) is 0 Å². The Morgan fingerprint density at radius 3 is 2.52 bits per heavy atom. The van der Waals surface area contributed by atoms with Crippen LogP contribution in [0.1, 0.15) is 52.3 Å². The maximum absolute atomic E-state index is 12.1. The minimum Gasteiger partial charge on any atom is -0.444 e. The first-order valence-corrected chi connectivity index (χ1v) is 8.39. The van der Waals surface area contributed by atoms with E-state index < -0.39 is 5.60 Å². The van der Waals surface area contributed by atoms with Gasteiger partial charge < -0.3 is 9.64 Å². The molecule has 0 spiro atoms. The zero-order chi connectivity index (χ0) is 17.0. The van der Waals surface area contributed by atoms with E-state index in [9.17, 15) is 4.79 Å². The number of hydrogen-bond donors (Lipinski definition) is 0. The molecule has 0 unspecified atom stereocenters. The molecular formula is C18H29N3O2. The number of likely N-dealkylation sites (tertiary alicyclic amines) is 1. The number of aromatic nitrogens is 1. The summed E-state index contributed by atoms with van der Waals surface area (Å²) in [6, 6.07) is 6.77. The van der Waals surface area contributed by atoms with Gasteiger partial charge in [0.05, 0.1) is 5.69 Å². The Balaban J connectivity index is 1.87. The molecule has 23 heavy (non-hydrogen) atoms. The number of rotatable bonds is 3. The molecule has 2 rings (SSSR count). The van der Waals surface area contributed by atoms with Crippen LogP contribution in [0, 0.1) is 0 Å². The molecule has 0 saturated carbocycles. The van der Waals surface area contributed by atoms with Crippen molar-refractivity contribution >= 4 is 6.09 Å². The summed E-state index contributed by atoms with van der Waals surface area (Å²) in [7, 11) is 2.15. The van der Waals surface area contributed by atoms with Gasteiger partial charge >= 0.3 is 6.09 Å². The summed E-state index contributed by atoms with van der Waals surface area (Å²) in [5, 5.41) is 0. The quantitative estimate of drug-likeness (QED) is 0.856. The van der Waals surface area contributed by atoms with Crippen molar-refractivity contribution in [2.45, 2.75) is 58.2 Å². The Morgan fingerprint density at radius 2 is 2.00 bits per heavy atom. The standard InChI is InChI=1S/C18H29N3O2/c1-14(16-8-6-7-11-19-16)20(5)15-9-12-21(13-10-15)17(22)23-18(2,3)4/h6-8,11,14-15H,9-10,12-13H2,1-5H3/t14-/m1/s1. The van der Waals surface area contributed by atoms with E-state index in [1.165, 1.54) is 0 Å². The molecule has 1 aliphatic rings. The first kappa shape index (κ1) is 17.7. The predicted octanol–water partition coefficient (Wildman–Crippen LogP) is 3.47. The van der Waals surface area contributed by atoms with Crippen LogP contribution in [-0.2, 0) is 4.74 Å². The van der Waals surface area contributed by atoms with Crippen LogP contribution in [0.5, 0.6) is 0 Å². The van der Waals surface area contributed by atoms with E-state index in [-0.39, 0.29) is 12.1 Å². The Hall–Kier alpha value is -1.62. The van der Waals surface area contributed by atoms with Crippen LogP contribution in [0.4, 0.5) is 4.79 Å². The van der Waals surface area contributed by atoms with E-state index in [1.807, 2.05) is 44.0 Å². The summed E-state index contributed by atoms with van der Waals surface area (Å²) >= 11 is 0. The number of nitrogens with zero attached hydrogens (tertiary/aromatic N) is 3. The third-order valence-electron chi connectivity index (χ3n) is 4.42. The zero-order valence-electron chi connectivity index (χ0n) is 15.0. The van der Waals surface area contributed by atoms with Gasteiger partial charge in [-0.15, -0.1) is 0 Å². The fourth-order valence-corrected chi connectivity index (χ4v) is 2.93. The van der Waals surface area contributed by atoms with Gasteiger partial charge in [-0.25, -0.2) is 4.79 Å². The molecule has 1 atom stereocenters. The average molecular weight is 319 g/mol. The van der Waals surface area contributed by atoms with E-state index >= 15 is 0 Å². The second kappa shape index (κ2) is 7.30. The molecule has 1 fully saturated rings. The maximum Gasteiger partial charge on any atom is 0.410 e. The molecule has 0 aliphatic carbocycles. The molecule has 1 aromatic rings. The van der Waals surface area contributed by atoms with Gasteiger partial charge in [-0.05, 0) is 59.7 Å². The largest absolute Gasteiger partial charge is 0.444 e. The molecule has 1 aliphatic heterocycles. The second-order valence-electron chi connectivity index (χ2n) is 7.29. The van der Waals surface area contributed by atoms with Gasteiger partial charge in [0.1, 0.15) is 5.60 Å². The van der Waals surface area contributed by atoms with Gasteiger partial charge in [0.2, 0.25) is 0 Å². The van der Waals surface area contributed by atoms with Crippen LogP contribution < -0.4 is 0 Å². The third kappa shape index (κ3) is 4.93. The molecule has 128 valence electrons. The second-order valence-corrected chi connectivity index (χ2v) is 7.29. The summed E-state index contributed by atoms with van der Waals surface area (Å²) in [5.41, 5.74) is 0.655. The Kier molecular flexibility index (Phi) is 5.63. The van der Waals surface area contributed by atoms with Crippen LogP contribution in [0.25, 0.3) is 0 Å². The van der Waals surface area contributed by atoms with Gasteiger partial charge in [0.25, 0.3) is 0 Å². The van der Waals surface area contributed by atoms with E-state index in [4.69, 9.17) is 4.74 Å². The summed E-state index contributed by atoms with van der Waals surface area (Å²) in [6.45, 7) is 9.39. The van der Waals surface area contributed by atoms with Crippen LogP contribution >= 0.6 is 0 Å². The molecule has 0 aromatic carbocycles. The van der Waals surface area contributed by atoms with Gasteiger partial charge in [-0.1, -0.05) is 6.07 Å². The minimum atomic E-state index is -0.432. The minimum absolute atomic E-state index is 0.198. The fraction of sp³-hybridized carbons (Fsp3) is 0.667. The molecule has 1 aromatic heterocycles. The normalized spacial score (nSPS) is 18.1. The van der Waals surface area contributed by atoms with Crippen LogP contribution in [0.2, 0.25) is 0 Å². The van der Waals surface area contributed by atoms with Crippen molar-refractivity contribution in [3.05, 3.63) is 30.1 Å². The van der Waals surface area contributed by atoms with Crippen molar-refractivity contribution in [1.29, 1.82) is 0 Å². The van der Waals surface area contributed by atoms with E-state index in [0.717, 1.165) is 31.6 Å². The SMILES string of the molecule is C[C@H](c1ccccn1)N(C)C1CCN(C(=O)OC(C)(C)C)CC1. The lowest BCUT2D eigenvalue weighted by Crippen LogP contribution is -2.47.